The maximum Gasteiger partial charge on any atom is 0.196 e. The third kappa shape index (κ3) is 3.88. The van der Waals surface area contributed by atoms with Crippen LogP contribution in [0.2, 0.25) is 0 Å². The molecule has 0 N–H and O–H groups in total. The van der Waals surface area contributed by atoms with Gasteiger partial charge in [0, 0.05) is 12.1 Å². The second kappa shape index (κ2) is 6.35. The Morgan fingerprint density at radius 2 is 1.76 bits per heavy atom. The van der Waals surface area contributed by atoms with Gasteiger partial charge < -0.3 is 0 Å². The van der Waals surface area contributed by atoms with Crippen LogP contribution >= 0.6 is 0 Å². The lowest BCUT2D eigenvalue weighted by atomic mass is 9.90. The van der Waals surface area contributed by atoms with E-state index in [1.54, 1.807) is 24.3 Å². The number of sulfone groups is 1. The van der Waals surface area contributed by atoms with Crippen molar-refractivity contribution in [2.45, 2.75) is 24.8 Å². The second-order valence-electron chi connectivity index (χ2n) is 5.35. The number of halogens is 1. The van der Waals surface area contributed by atoms with E-state index in [-0.39, 0.29) is 28.4 Å². The molecule has 0 aliphatic carbocycles. The van der Waals surface area contributed by atoms with Crippen molar-refractivity contribution in [2.75, 3.05) is 5.75 Å². The van der Waals surface area contributed by atoms with Gasteiger partial charge in [-0.15, -0.1) is 0 Å². The standard InChI is InChI=1S/C16H18FNO2S/c1-12(2)15(13-6-8-14(17)9-7-13)11-21(19,20)16-5-3-4-10-18-16/h3-10,12,15H,11H2,1-2H3/t15-/m0/s1. The van der Waals surface area contributed by atoms with Crippen LogP contribution in [0.1, 0.15) is 25.3 Å². The van der Waals surface area contributed by atoms with E-state index in [9.17, 15) is 12.8 Å². The topological polar surface area (TPSA) is 47.0 Å². The van der Waals surface area contributed by atoms with Gasteiger partial charge in [-0.2, -0.15) is 0 Å². The molecular weight excluding hydrogens is 289 g/mol. The molecule has 2 aromatic rings. The van der Waals surface area contributed by atoms with E-state index in [0.29, 0.717) is 0 Å². The molecule has 1 atom stereocenters. The van der Waals surface area contributed by atoms with Gasteiger partial charge in [0.1, 0.15) is 5.82 Å². The second-order valence-corrected chi connectivity index (χ2v) is 7.33. The van der Waals surface area contributed by atoms with Crippen LogP contribution in [0.4, 0.5) is 4.39 Å². The molecule has 0 aliphatic rings. The van der Waals surface area contributed by atoms with Crippen molar-refractivity contribution >= 4 is 9.84 Å². The van der Waals surface area contributed by atoms with E-state index in [2.05, 4.69) is 4.98 Å². The van der Waals surface area contributed by atoms with Crippen LogP contribution in [0, 0.1) is 11.7 Å². The summed E-state index contributed by atoms with van der Waals surface area (Å²) in [4.78, 5) is 3.92. The average Bonchev–Trinajstić information content (AvgIpc) is 2.47. The van der Waals surface area contributed by atoms with Crippen LogP contribution in [0.25, 0.3) is 0 Å². The Morgan fingerprint density at radius 1 is 1.10 bits per heavy atom. The van der Waals surface area contributed by atoms with Crippen LogP contribution in [0.3, 0.4) is 0 Å². The molecule has 21 heavy (non-hydrogen) atoms. The lowest BCUT2D eigenvalue weighted by Crippen LogP contribution is -2.20. The monoisotopic (exact) mass is 307 g/mol. The highest BCUT2D eigenvalue weighted by molar-refractivity contribution is 7.91. The summed E-state index contributed by atoms with van der Waals surface area (Å²) in [5.41, 5.74) is 0.825. The smallest absolute Gasteiger partial charge is 0.196 e. The highest BCUT2D eigenvalue weighted by atomic mass is 32.2. The van der Waals surface area contributed by atoms with Gasteiger partial charge in [0.25, 0.3) is 0 Å². The lowest BCUT2D eigenvalue weighted by molar-refractivity contribution is 0.518. The van der Waals surface area contributed by atoms with Crippen LogP contribution in [0.5, 0.6) is 0 Å². The zero-order chi connectivity index (χ0) is 15.5. The van der Waals surface area contributed by atoms with Crippen molar-refractivity contribution in [2.24, 2.45) is 5.92 Å². The summed E-state index contributed by atoms with van der Waals surface area (Å²) in [6.07, 6.45) is 1.47. The molecule has 0 saturated carbocycles. The third-order valence-electron chi connectivity index (χ3n) is 3.46. The molecular formula is C16H18FNO2S. The number of nitrogens with zero attached hydrogens (tertiary/aromatic N) is 1. The van der Waals surface area contributed by atoms with Crippen LogP contribution in [-0.2, 0) is 9.84 Å². The number of hydrogen-bond donors (Lipinski definition) is 0. The van der Waals surface area contributed by atoms with Crippen LogP contribution < -0.4 is 0 Å². The highest BCUT2D eigenvalue weighted by Gasteiger charge is 2.25. The van der Waals surface area contributed by atoms with Gasteiger partial charge in [0.15, 0.2) is 14.9 Å². The van der Waals surface area contributed by atoms with Gasteiger partial charge in [-0.05, 0) is 35.7 Å². The Bertz CT molecular complexity index is 682. The molecule has 0 aliphatic heterocycles. The first kappa shape index (κ1) is 15.6. The van der Waals surface area contributed by atoms with Crippen molar-refractivity contribution in [3.8, 4) is 0 Å². The summed E-state index contributed by atoms with van der Waals surface area (Å²) in [7, 11) is -3.47. The van der Waals surface area contributed by atoms with E-state index in [4.69, 9.17) is 0 Å². The summed E-state index contributed by atoms with van der Waals surface area (Å²) in [6.45, 7) is 3.92. The van der Waals surface area contributed by atoms with Gasteiger partial charge in [-0.25, -0.2) is 17.8 Å². The molecule has 0 radical (unpaired) electrons. The van der Waals surface area contributed by atoms with Crippen molar-refractivity contribution in [3.63, 3.8) is 0 Å². The van der Waals surface area contributed by atoms with Crippen molar-refractivity contribution < 1.29 is 12.8 Å². The van der Waals surface area contributed by atoms with E-state index in [1.807, 2.05) is 13.8 Å². The SMILES string of the molecule is CC(C)[C@H](CS(=O)(=O)c1ccccn1)c1ccc(F)cc1. The molecule has 0 saturated heterocycles. The zero-order valence-electron chi connectivity index (χ0n) is 12.0. The third-order valence-corrected chi connectivity index (χ3v) is 5.13. The fourth-order valence-electron chi connectivity index (χ4n) is 2.24. The Balaban J connectivity index is 2.31. The first-order chi connectivity index (χ1) is 9.90. The fourth-order valence-corrected chi connectivity index (χ4v) is 3.96. The molecule has 1 heterocycles. The number of aromatic nitrogens is 1. The summed E-state index contributed by atoms with van der Waals surface area (Å²) in [6, 6.07) is 10.8. The van der Waals surface area contributed by atoms with Gasteiger partial charge in [-0.1, -0.05) is 32.0 Å². The maximum atomic E-state index is 13.0. The van der Waals surface area contributed by atoms with Crippen LogP contribution in [0.15, 0.2) is 53.7 Å². The van der Waals surface area contributed by atoms with E-state index in [1.165, 1.54) is 24.4 Å². The van der Waals surface area contributed by atoms with Gasteiger partial charge in [-0.3, -0.25) is 0 Å². The largest absolute Gasteiger partial charge is 0.245 e. The minimum atomic E-state index is -3.47. The Hall–Kier alpha value is -1.75. The molecule has 0 bridgehead atoms. The van der Waals surface area contributed by atoms with Gasteiger partial charge >= 0.3 is 0 Å². The zero-order valence-corrected chi connectivity index (χ0v) is 12.8. The molecule has 0 fully saturated rings. The minimum absolute atomic E-state index is 0.0344. The molecule has 0 spiro atoms. The van der Waals surface area contributed by atoms with Crippen LogP contribution in [-0.4, -0.2) is 19.2 Å². The average molecular weight is 307 g/mol. The Morgan fingerprint density at radius 3 is 2.29 bits per heavy atom. The predicted octanol–water partition coefficient (Wildman–Crippen LogP) is 3.43. The number of hydrogen-bond acceptors (Lipinski definition) is 3. The first-order valence-electron chi connectivity index (χ1n) is 6.79. The summed E-state index contributed by atoms with van der Waals surface area (Å²) in [5, 5.41) is 0.0813. The molecule has 2 rings (SSSR count). The predicted molar refractivity (Wildman–Crippen MR) is 80.3 cm³/mol. The number of rotatable bonds is 5. The molecule has 0 amide bonds. The molecule has 0 unspecified atom stereocenters. The van der Waals surface area contributed by atoms with Crippen molar-refractivity contribution in [3.05, 3.63) is 60.0 Å². The quantitative estimate of drug-likeness (QED) is 0.850. The van der Waals surface area contributed by atoms with E-state index < -0.39 is 9.84 Å². The molecule has 112 valence electrons. The Labute approximate surface area is 124 Å². The number of pyridine rings is 1. The summed E-state index contributed by atoms with van der Waals surface area (Å²) < 4.78 is 37.9. The highest BCUT2D eigenvalue weighted by Crippen LogP contribution is 2.28. The summed E-state index contributed by atoms with van der Waals surface area (Å²) >= 11 is 0. The molecule has 1 aromatic carbocycles. The van der Waals surface area contributed by atoms with E-state index in [0.717, 1.165) is 5.56 Å². The number of benzene rings is 1. The lowest BCUT2D eigenvalue weighted by Gasteiger charge is -2.21. The normalized spacial score (nSPS) is 13.3. The molecule has 1 aromatic heterocycles. The Kier molecular flexibility index (Phi) is 4.73. The minimum Gasteiger partial charge on any atom is -0.245 e. The molecule has 5 heteroatoms. The maximum absolute atomic E-state index is 13.0. The van der Waals surface area contributed by atoms with E-state index >= 15 is 0 Å². The summed E-state index contributed by atoms with van der Waals surface area (Å²) in [5.74, 6) is -0.437. The van der Waals surface area contributed by atoms with Crippen molar-refractivity contribution in [1.29, 1.82) is 0 Å². The van der Waals surface area contributed by atoms with Gasteiger partial charge in [0.05, 0.1) is 5.75 Å². The fraction of sp³-hybridized carbons (Fsp3) is 0.312. The molecule has 3 nitrogen and oxygen atoms in total. The van der Waals surface area contributed by atoms with Gasteiger partial charge in [0.2, 0.25) is 0 Å². The first-order valence-corrected chi connectivity index (χ1v) is 8.44. The van der Waals surface area contributed by atoms with Crippen molar-refractivity contribution in [1.82, 2.24) is 4.98 Å².